The van der Waals surface area contributed by atoms with Crippen molar-refractivity contribution in [2.45, 2.75) is 6.61 Å². The SMILES string of the molecule is N#C/C(=C\c1cccc(OCc2ccccc2)c1)c1ccccc1[N+](=O)[O-]. The van der Waals surface area contributed by atoms with Crippen molar-refractivity contribution in [3.8, 4) is 11.8 Å². The molecule has 0 bridgehead atoms. The lowest BCUT2D eigenvalue weighted by Crippen LogP contribution is -1.95. The minimum atomic E-state index is -0.486. The van der Waals surface area contributed by atoms with Gasteiger partial charge in [-0.1, -0.05) is 54.6 Å². The summed E-state index contributed by atoms with van der Waals surface area (Å²) in [5.41, 5.74) is 2.20. The molecule has 0 aromatic heterocycles. The summed E-state index contributed by atoms with van der Waals surface area (Å²) in [6.07, 6.45) is 1.62. The van der Waals surface area contributed by atoms with Gasteiger partial charge in [-0.25, -0.2) is 0 Å². The molecule has 0 atom stereocenters. The molecule has 0 fully saturated rings. The Morgan fingerprint density at radius 2 is 1.78 bits per heavy atom. The lowest BCUT2D eigenvalue weighted by Gasteiger charge is -2.07. The van der Waals surface area contributed by atoms with E-state index >= 15 is 0 Å². The summed E-state index contributed by atoms with van der Waals surface area (Å²) in [6, 6.07) is 25.3. The fourth-order valence-corrected chi connectivity index (χ4v) is 2.63. The first-order valence-corrected chi connectivity index (χ1v) is 8.30. The molecule has 0 aliphatic heterocycles. The van der Waals surface area contributed by atoms with Crippen molar-refractivity contribution in [2.75, 3.05) is 0 Å². The van der Waals surface area contributed by atoms with Crippen molar-refractivity contribution < 1.29 is 9.66 Å². The van der Waals surface area contributed by atoms with E-state index in [1.807, 2.05) is 48.5 Å². The van der Waals surface area contributed by atoms with Gasteiger partial charge in [0.2, 0.25) is 0 Å². The van der Waals surface area contributed by atoms with Crippen LogP contribution in [0.3, 0.4) is 0 Å². The molecule has 0 aliphatic rings. The van der Waals surface area contributed by atoms with Crippen LogP contribution in [-0.2, 0) is 6.61 Å². The van der Waals surface area contributed by atoms with E-state index < -0.39 is 4.92 Å². The van der Waals surface area contributed by atoms with E-state index in [0.29, 0.717) is 17.9 Å². The monoisotopic (exact) mass is 356 g/mol. The molecule has 0 aliphatic carbocycles. The summed E-state index contributed by atoms with van der Waals surface area (Å²) in [7, 11) is 0. The van der Waals surface area contributed by atoms with Gasteiger partial charge < -0.3 is 4.74 Å². The molecule has 0 N–H and O–H groups in total. The second-order valence-electron chi connectivity index (χ2n) is 5.79. The van der Waals surface area contributed by atoms with Crippen LogP contribution >= 0.6 is 0 Å². The molecule has 3 rings (SSSR count). The predicted molar refractivity (Wildman–Crippen MR) is 104 cm³/mol. The zero-order valence-electron chi connectivity index (χ0n) is 14.4. The van der Waals surface area contributed by atoms with Gasteiger partial charge >= 0.3 is 0 Å². The molecule has 0 saturated carbocycles. The van der Waals surface area contributed by atoms with Gasteiger partial charge in [0.05, 0.1) is 16.1 Å². The van der Waals surface area contributed by atoms with E-state index in [9.17, 15) is 15.4 Å². The number of rotatable bonds is 6. The van der Waals surface area contributed by atoms with E-state index in [2.05, 4.69) is 6.07 Å². The fourth-order valence-electron chi connectivity index (χ4n) is 2.63. The molecule has 0 amide bonds. The molecular weight excluding hydrogens is 340 g/mol. The van der Waals surface area contributed by atoms with Gasteiger partial charge in [-0.05, 0) is 35.4 Å². The Morgan fingerprint density at radius 3 is 2.52 bits per heavy atom. The molecule has 0 spiro atoms. The number of ether oxygens (including phenoxy) is 1. The maximum atomic E-state index is 11.2. The normalized spacial score (nSPS) is 10.9. The Kier molecular flexibility index (Phi) is 5.60. The highest BCUT2D eigenvalue weighted by Crippen LogP contribution is 2.27. The number of hydrogen-bond donors (Lipinski definition) is 0. The number of allylic oxidation sites excluding steroid dienone is 1. The summed E-state index contributed by atoms with van der Waals surface area (Å²) in [4.78, 5) is 10.7. The largest absolute Gasteiger partial charge is 0.489 e. The first kappa shape index (κ1) is 17.9. The second-order valence-corrected chi connectivity index (χ2v) is 5.79. The molecule has 0 unspecified atom stereocenters. The highest BCUT2D eigenvalue weighted by atomic mass is 16.6. The third-order valence-electron chi connectivity index (χ3n) is 3.93. The van der Waals surface area contributed by atoms with Crippen LogP contribution in [0.25, 0.3) is 11.6 Å². The van der Waals surface area contributed by atoms with E-state index in [0.717, 1.165) is 11.1 Å². The zero-order valence-corrected chi connectivity index (χ0v) is 14.4. The smallest absolute Gasteiger partial charge is 0.277 e. The maximum Gasteiger partial charge on any atom is 0.277 e. The zero-order chi connectivity index (χ0) is 19.1. The third kappa shape index (κ3) is 4.59. The molecule has 132 valence electrons. The van der Waals surface area contributed by atoms with Gasteiger partial charge in [-0.3, -0.25) is 10.1 Å². The Balaban J connectivity index is 1.86. The summed E-state index contributed by atoms with van der Waals surface area (Å²) in [5.74, 6) is 0.660. The van der Waals surface area contributed by atoms with Crippen LogP contribution in [0.5, 0.6) is 5.75 Å². The summed E-state index contributed by atoms with van der Waals surface area (Å²) in [5, 5.41) is 20.7. The number of para-hydroxylation sites is 1. The Hall–Kier alpha value is -3.91. The van der Waals surface area contributed by atoms with Gasteiger partial charge in [0.25, 0.3) is 5.69 Å². The summed E-state index contributed by atoms with van der Waals surface area (Å²) in [6.45, 7) is 0.434. The van der Waals surface area contributed by atoms with Crippen LogP contribution in [0, 0.1) is 21.4 Å². The number of nitriles is 1. The third-order valence-corrected chi connectivity index (χ3v) is 3.93. The maximum absolute atomic E-state index is 11.2. The highest BCUT2D eigenvalue weighted by Gasteiger charge is 2.16. The molecule has 0 radical (unpaired) electrons. The number of nitrogens with zero attached hydrogens (tertiary/aromatic N) is 2. The van der Waals surface area contributed by atoms with Gasteiger partial charge in [0, 0.05) is 6.07 Å². The number of hydrogen-bond acceptors (Lipinski definition) is 4. The number of benzene rings is 3. The van der Waals surface area contributed by atoms with Crippen molar-refractivity contribution in [3.63, 3.8) is 0 Å². The van der Waals surface area contributed by atoms with E-state index in [1.165, 1.54) is 6.07 Å². The van der Waals surface area contributed by atoms with Crippen LogP contribution in [0.4, 0.5) is 5.69 Å². The molecule has 0 heterocycles. The number of nitro groups is 1. The van der Waals surface area contributed by atoms with Crippen molar-refractivity contribution in [2.24, 2.45) is 0 Å². The standard InChI is InChI=1S/C22H16N2O3/c23-15-19(21-11-4-5-12-22(21)24(25)26)13-18-9-6-10-20(14-18)27-16-17-7-2-1-3-8-17/h1-14H,16H2/b19-13+. The Morgan fingerprint density at radius 1 is 1.04 bits per heavy atom. The average molecular weight is 356 g/mol. The summed E-state index contributed by atoms with van der Waals surface area (Å²) >= 11 is 0. The lowest BCUT2D eigenvalue weighted by atomic mass is 10.0. The van der Waals surface area contributed by atoms with Gasteiger partial charge in [-0.2, -0.15) is 5.26 Å². The molecular formula is C22H16N2O3. The average Bonchev–Trinajstić information content (AvgIpc) is 2.71. The van der Waals surface area contributed by atoms with Crippen LogP contribution in [0.1, 0.15) is 16.7 Å². The van der Waals surface area contributed by atoms with Gasteiger partial charge in [-0.15, -0.1) is 0 Å². The molecule has 5 nitrogen and oxygen atoms in total. The van der Waals surface area contributed by atoms with Crippen molar-refractivity contribution >= 4 is 17.3 Å². The second kappa shape index (κ2) is 8.45. The van der Waals surface area contributed by atoms with Gasteiger partial charge in [0.1, 0.15) is 18.4 Å². The minimum Gasteiger partial charge on any atom is -0.489 e. The summed E-state index contributed by atoms with van der Waals surface area (Å²) < 4.78 is 5.80. The first-order chi connectivity index (χ1) is 13.2. The van der Waals surface area contributed by atoms with Crippen molar-refractivity contribution in [1.29, 1.82) is 5.26 Å². The molecule has 5 heteroatoms. The van der Waals surface area contributed by atoms with Crippen molar-refractivity contribution in [3.05, 3.63) is 106 Å². The Bertz CT molecular complexity index is 1020. The van der Waals surface area contributed by atoms with E-state index in [1.54, 1.807) is 30.3 Å². The van der Waals surface area contributed by atoms with Crippen LogP contribution < -0.4 is 4.74 Å². The first-order valence-electron chi connectivity index (χ1n) is 8.30. The molecule has 3 aromatic carbocycles. The van der Waals surface area contributed by atoms with Crippen LogP contribution in [0.15, 0.2) is 78.9 Å². The van der Waals surface area contributed by atoms with E-state index in [4.69, 9.17) is 4.74 Å². The van der Waals surface area contributed by atoms with E-state index in [-0.39, 0.29) is 11.3 Å². The van der Waals surface area contributed by atoms with Crippen molar-refractivity contribution in [1.82, 2.24) is 0 Å². The van der Waals surface area contributed by atoms with Crippen LogP contribution in [-0.4, -0.2) is 4.92 Å². The molecule has 0 saturated heterocycles. The molecule has 3 aromatic rings. The topological polar surface area (TPSA) is 76.2 Å². The predicted octanol–water partition coefficient (Wildman–Crippen LogP) is 5.24. The number of nitro benzene ring substituents is 1. The quantitative estimate of drug-likeness (QED) is 0.262. The van der Waals surface area contributed by atoms with Gasteiger partial charge in [0.15, 0.2) is 0 Å². The Labute approximate surface area is 156 Å². The fraction of sp³-hybridized carbons (Fsp3) is 0.0455. The minimum absolute atomic E-state index is 0.0956. The highest BCUT2D eigenvalue weighted by molar-refractivity contribution is 5.92. The molecule has 27 heavy (non-hydrogen) atoms. The lowest BCUT2D eigenvalue weighted by molar-refractivity contribution is -0.385. The van der Waals surface area contributed by atoms with Crippen LogP contribution in [0.2, 0.25) is 0 Å².